The number of esters is 1. The number of fused-ring (bicyclic) bond motifs is 1. The molecule has 1 N–H and O–H groups in total. The number of rotatable bonds is 3. The Kier molecular flexibility index (Phi) is 4.93. The largest absolute Gasteiger partial charge is 0.461 e. The Morgan fingerprint density at radius 2 is 2.23 bits per heavy atom. The Hall–Kier alpha value is -3.77. The molecule has 0 radical (unpaired) electrons. The maximum Gasteiger partial charge on any atom is 0.359 e. The average Bonchev–Trinajstić information content (AvgIpc) is 3.27. The number of aliphatic hydroxyl groups is 1. The first-order chi connectivity index (χ1) is 14.4. The van der Waals surface area contributed by atoms with Crippen molar-refractivity contribution in [1.82, 2.24) is 24.6 Å². The van der Waals surface area contributed by atoms with Crippen molar-refractivity contribution in [2.24, 2.45) is 0 Å². The van der Waals surface area contributed by atoms with Gasteiger partial charge in [0.05, 0.1) is 17.7 Å². The van der Waals surface area contributed by atoms with Gasteiger partial charge in [-0.25, -0.2) is 19.4 Å². The third-order valence-electron chi connectivity index (χ3n) is 4.83. The Morgan fingerprint density at radius 1 is 1.40 bits per heavy atom. The summed E-state index contributed by atoms with van der Waals surface area (Å²) in [6.45, 7) is 2.40. The minimum absolute atomic E-state index is 0.123. The normalized spacial score (nSPS) is 18.4. The van der Waals surface area contributed by atoms with Crippen LogP contribution in [0.15, 0.2) is 36.8 Å². The second kappa shape index (κ2) is 7.57. The van der Waals surface area contributed by atoms with Gasteiger partial charge < -0.3 is 14.7 Å². The standard InChI is InChI=1S/C21H19N5O4/c1-3-30-19(27)17-16-12-22-13-23-18(16)26(24-17)15-6-4-5-14(11-15)7-8-21(29)9-10-25(2)20(21)28/h4-6,11-13,29H,3,9-10H2,1-2H3/t21-/m0/s1. The van der Waals surface area contributed by atoms with Crippen molar-refractivity contribution in [2.75, 3.05) is 20.2 Å². The first kappa shape index (κ1) is 19.5. The molecule has 1 atom stereocenters. The van der Waals surface area contributed by atoms with Crippen LogP contribution in [-0.4, -0.2) is 67.4 Å². The molecular weight excluding hydrogens is 386 g/mol. The zero-order valence-corrected chi connectivity index (χ0v) is 16.5. The third-order valence-corrected chi connectivity index (χ3v) is 4.83. The Balaban J connectivity index is 1.74. The Morgan fingerprint density at radius 3 is 2.97 bits per heavy atom. The van der Waals surface area contributed by atoms with Gasteiger partial charge in [-0.3, -0.25) is 4.79 Å². The van der Waals surface area contributed by atoms with Crippen LogP contribution < -0.4 is 0 Å². The molecule has 1 amide bonds. The number of hydrogen-bond acceptors (Lipinski definition) is 7. The van der Waals surface area contributed by atoms with Crippen LogP contribution in [0.1, 0.15) is 29.4 Å². The van der Waals surface area contributed by atoms with Crippen LogP contribution in [-0.2, 0) is 9.53 Å². The summed E-state index contributed by atoms with van der Waals surface area (Å²) < 4.78 is 6.59. The zero-order chi connectivity index (χ0) is 21.3. The first-order valence-corrected chi connectivity index (χ1v) is 9.40. The minimum atomic E-state index is -1.67. The summed E-state index contributed by atoms with van der Waals surface area (Å²) in [5, 5.41) is 15.3. The van der Waals surface area contributed by atoms with Gasteiger partial charge in [0.25, 0.3) is 5.91 Å². The molecule has 0 spiro atoms. The number of benzene rings is 1. The lowest BCUT2D eigenvalue weighted by Crippen LogP contribution is -2.37. The number of likely N-dealkylation sites (tertiary alicyclic amines) is 1. The number of aromatic nitrogens is 4. The fourth-order valence-corrected chi connectivity index (χ4v) is 3.25. The molecular formula is C21H19N5O4. The van der Waals surface area contributed by atoms with E-state index in [4.69, 9.17) is 4.74 Å². The molecule has 0 bridgehead atoms. The number of ether oxygens (including phenoxy) is 1. The van der Waals surface area contributed by atoms with Crippen molar-refractivity contribution in [2.45, 2.75) is 18.9 Å². The summed E-state index contributed by atoms with van der Waals surface area (Å²) in [6, 6.07) is 7.06. The molecule has 30 heavy (non-hydrogen) atoms. The summed E-state index contributed by atoms with van der Waals surface area (Å²) in [7, 11) is 1.63. The fraction of sp³-hybridized carbons (Fsp3) is 0.286. The van der Waals surface area contributed by atoms with Crippen LogP contribution in [0.2, 0.25) is 0 Å². The number of hydrogen-bond donors (Lipinski definition) is 1. The first-order valence-electron chi connectivity index (χ1n) is 9.40. The SMILES string of the molecule is CCOC(=O)c1nn(-c2cccc(C#C[C@]3(O)CCN(C)C3=O)c2)c2ncncc12. The molecule has 0 unspecified atom stereocenters. The van der Waals surface area contributed by atoms with E-state index in [1.807, 2.05) is 0 Å². The van der Waals surface area contributed by atoms with Crippen LogP contribution in [0, 0.1) is 11.8 Å². The van der Waals surface area contributed by atoms with E-state index in [2.05, 4.69) is 26.9 Å². The topological polar surface area (TPSA) is 110 Å². The predicted octanol–water partition coefficient (Wildman–Crippen LogP) is 0.937. The number of carbonyl (C=O) groups excluding carboxylic acids is 2. The van der Waals surface area contributed by atoms with Gasteiger partial charge in [-0.2, -0.15) is 5.10 Å². The highest BCUT2D eigenvalue weighted by atomic mass is 16.5. The Labute approximate surface area is 172 Å². The molecule has 0 saturated carbocycles. The van der Waals surface area contributed by atoms with Crippen LogP contribution in [0.4, 0.5) is 0 Å². The average molecular weight is 405 g/mol. The van der Waals surface area contributed by atoms with Crippen LogP contribution >= 0.6 is 0 Å². The molecule has 3 aromatic rings. The Bertz CT molecular complexity index is 1210. The fourth-order valence-electron chi connectivity index (χ4n) is 3.25. The van der Waals surface area contributed by atoms with E-state index in [0.29, 0.717) is 28.8 Å². The van der Waals surface area contributed by atoms with E-state index in [9.17, 15) is 14.7 Å². The molecule has 1 aromatic carbocycles. The van der Waals surface area contributed by atoms with Crippen LogP contribution in [0.3, 0.4) is 0 Å². The third kappa shape index (κ3) is 3.38. The second-order valence-electron chi connectivity index (χ2n) is 6.88. The maximum atomic E-state index is 12.3. The van der Waals surface area contributed by atoms with Crippen molar-refractivity contribution >= 4 is 22.9 Å². The summed E-state index contributed by atoms with van der Waals surface area (Å²) in [5.74, 6) is 4.61. The highest BCUT2D eigenvalue weighted by Gasteiger charge is 2.42. The van der Waals surface area contributed by atoms with Gasteiger partial charge in [-0.05, 0) is 25.1 Å². The zero-order valence-electron chi connectivity index (χ0n) is 16.5. The van der Waals surface area contributed by atoms with Gasteiger partial charge in [0, 0.05) is 31.8 Å². The highest BCUT2D eigenvalue weighted by molar-refractivity contribution is 6.01. The van der Waals surface area contributed by atoms with Gasteiger partial charge >= 0.3 is 5.97 Å². The van der Waals surface area contributed by atoms with E-state index >= 15 is 0 Å². The van der Waals surface area contributed by atoms with E-state index in [1.165, 1.54) is 22.1 Å². The van der Waals surface area contributed by atoms with Crippen molar-refractivity contribution in [1.29, 1.82) is 0 Å². The molecule has 9 nitrogen and oxygen atoms in total. The number of amides is 1. The molecule has 3 heterocycles. The molecule has 1 aliphatic heterocycles. The smallest absolute Gasteiger partial charge is 0.359 e. The summed E-state index contributed by atoms with van der Waals surface area (Å²) in [4.78, 5) is 34.1. The molecule has 152 valence electrons. The monoisotopic (exact) mass is 405 g/mol. The molecule has 1 fully saturated rings. The van der Waals surface area contributed by atoms with Gasteiger partial charge in [-0.1, -0.05) is 17.9 Å². The van der Waals surface area contributed by atoms with E-state index in [1.54, 1.807) is 38.2 Å². The lowest BCUT2D eigenvalue weighted by Gasteiger charge is -2.13. The molecule has 9 heteroatoms. The lowest BCUT2D eigenvalue weighted by molar-refractivity contribution is -0.137. The van der Waals surface area contributed by atoms with Gasteiger partial charge in [0.2, 0.25) is 5.60 Å². The van der Waals surface area contributed by atoms with Gasteiger partial charge in [0.15, 0.2) is 11.3 Å². The quantitative estimate of drug-likeness (QED) is 0.510. The maximum absolute atomic E-state index is 12.3. The molecule has 2 aromatic heterocycles. The minimum Gasteiger partial charge on any atom is -0.461 e. The highest BCUT2D eigenvalue weighted by Crippen LogP contribution is 2.22. The van der Waals surface area contributed by atoms with Crippen LogP contribution in [0.25, 0.3) is 16.7 Å². The number of nitrogens with zero attached hydrogens (tertiary/aromatic N) is 5. The number of likely N-dealkylation sites (N-methyl/N-ethyl adjacent to an activating group) is 1. The van der Waals surface area contributed by atoms with E-state index in [0.717, 1.165) is 0 Å². The number of carbonyl (C=O) groups is 2. The summed E-state index contributed by atoms with van der Waals surface area (Å²) in [5.41, 5.74) is 0.0942. The van der Waals surface area contributed by atoms with Crippen molar-refractivity contribution < 1.29 is 19.4 Å². The molecule has 1 aliphatic rings. The lowest BCUT2D eigenvalue weighted by atomic mass is 10.0. The summed E-state index contributed by atoms with van der Waals surface area (Å²) >= 11 is 0. The molecule has 4 rings (SSSR count). The predicted molar refractivity (Wildman–Crippen MR) is 107 cm³/mol. The van der Waals surface area contributed by atoms with E-state index in [-0.39, 0.29) is 18.7 Å². The van der Waals surface area contributed by atoms with Gasteiger partial charge in [-0.15, -0.1) is 0 Å². The van der Waals surface area contributed by atoms with Crippen molar-refractivity contribution in [3.05, 3.63) is 48.0 Å². The molecule has 1 saturated heterocycles. The van der Waals surface area contributed by atoms with Crippen molar-refractivity contribution in [3.63, 3.8) is 0 Å². The van der Waals surface area contributed by atoms with E-state index < -0.39 is 17.5 Å². The molecule has 0 aliphatic carbocycles. The van der Waals surface area contributed by atoms with Crippen molar-refractivity contribution in [3.8, 4) is 17.5 Å². The van der Waals surface area contributed by atoms with Crippen LogP contribution in [0.5, 0.6) is 0 Å². The van der Waals surface area contributed by atoms with Gasteiger partial charge in [0.1, 0.15) is 6.33 Å². The summed E-state index contributed by atoms with van der Waals surface area (Å²) in [6.07, 6.45) is 3.15. The second-order valence-corrected chi connectivity index (χ2v) is 6.88.